The van der Waals surface area contributed by atoms with E-state index in [-0.39, 0.29) is 17.7 Å². The third kappa shape index (κ3) is 3.07. The summed E-state index contributed by atoms with van der Waals surface area (Å²) in [6.45, 7) is 0.612. The van der Waals surface area contributed by atoms with Crippen LogP contribution in [-0.2, 0) is 18.4 Å². The number of nitrogens with zero attached hydrogens (tertiary/aromatic N) is 4. The number of benzene rings is 2. The first-order chi connectivity index (χ1) is 13.7. The number of nitrogens with one attached hydrogen (secondary N) is 1. The standard InChI is InChI=1S/C22H21N5O/c1-26-13-17(12-24-26)19-11-20(19)22(28)25-21-9-10-23-27(21)14-16-7-4-6-15-5-2-3-8-18(15)16/h2-10,12-13,19-20H,11,14H2,1H3,(H,25,28)/t19-,20-/m1/s1. The van der Waals surface area contributed by atoms with Gasteiger partial charge in [0.15, 0.2) is 0 Å². The lowest BCUT2D eigenvalue weighted by molar-refractivity contribution is -0.117. The van der Waals surface area contributed by atoms with E-state index in [9.17, 15) is 4.79 Å². The summed E-state index contributed by atoms with van der Waals surface area (Å²) in [5.41, 5.74) is 2.31. The first kappa shape index (κ1) is 16.7. The SMILES string of the molecule is Cn1cc([C@H]2C[C@H]2C(=O)Nc2ccnn2Cc2cccc3ccccc23)cn1. The van der Waals surface area contributed by atoms with Crippen LogP contribution in [0.3, 0.4) is 0 Å². The second-order valence-corrected chi connectivity index (χ2v) is 7.40. The Morgan fingerprint density at radius 2 is 2.00 bits per heavy atom. The molecule has 2 atom stereocenters. The molecule has 1 N–H and O–H groups in total. The number of amides is 1. The van der Waals surface area contributed by atoms with Crippen LogP contribution in [0.5, 0.6) is 0 Å². The highest BCUT2D eigenvalue weighted by Gasteiger charge is 2.44. The molecule has 2 heterocycles. The molecule has 140 valence electrons. The van der Waals surface area contributed by atoms with E-state index < -0.39 is 0 Å². The Balaban J connectivity index is 1.32. The molecule has 1 fully saturated rings. The van der Waals surface area contributed by atoms with Gasteiger partial charge in [-0.2, -0.15) is 10.2 Å². The van der Waals surface area contributed by atoms with Gasteiger partial charge in [-0.1, -0.05) is 42.5 Å². The van der Waals surface area contributed by atoms with E-state index in [4.69, 9.17) is 0 Å². The normalized spacial score (nSPS) is 18.3. The highest BCUT2D eigenvalue weighted by molar-refractivity contribution is 5.94. The van der Waals surface area contributed by atoms with Crippen molar-refractivity contribution < 1.29 is 4.79 Å². The zero-order chi connectivity index (χ0) is 19.1. The molecule has 1 aliphatic carbocycles. The molecule has 0 aliphatic heterocycles. The summed E-state index contributed by atoms with van der Waals surface area (Å²) >= 11 is 0. The Labute approximate surface area is 162 Å². The molecule has 28 heavy (non-hydrogen) atoms. The van der Waals surface area contributed by atoms with E-state index in [2.05, 4.69) is 45.8 Å². The number of aromatic nitrogens is 4. The molecule has 0 radical (unpaired) electrons. The number of hydrogen-bond donors (Lipinski definition) is 1. The van der Waals surface area contributed by atoms with Gasteiger partial charge in [0.1, 0.15) is 5.82 Å². The quantitative estimate of drug-likeness (QED) is 0.583. The highest BCUT2D eigenvalue weighted by atomic mass is 16.2. The fourth-order valence-electron chi connectivity index (χ4n) is 3.86. The van der Waals surface area contributed by atoms with Crippen molar-refractivity contribution in [1.82, 2.24) is 19.6 Å². The second kappa shape index (κ2) is 6.64. The van der Waals surface area contributed by atoms with E-state index >= 15 is 0 Å². The maximum absolute atomic E-state index is 12.7. The molecule has 6 nitrogen and oxygen atoms in total. The molecule has 0 unspecified atom stereocenters. The van der Waals surface area contributed by atoms with Gasteiger partial charge in [-0.25, -0.2) is 4.68 Å². The lowest BCUT2D eigenvalue weighted by Crippen LogP contribution is -2.18. The van der Waals surface area contributed by atoms with Crippen molar-refractivity contribution in [2.75, 3.05) is 5.32 Å². The van der Waals surface area contributed by atoms with Gasteiger partial charge >= 0.3 is 0 Å². The Bertz CT molecular complexity index is 1150. The molecule has 0 spiro atoms. The number of rotatable bonds is 5. The number of hydrogen-bond acceptors (Lipinski definition) is 3. The summed E-state index contributed by atoms with van der Waals surface area (Å²) < 4.78 is 3.63. The molecule has 1 aliphatic rings. The van der Waals surface area contributed by atoms with Crippen molar-refractivity contribution in [1.29, 1.82) is 0 Å². The summed E-state index contributed by atoms with van der Waals surface area (Å²) in [5, 5.41) is 14.1. The van der Waals surface area contributed by atoms with Crippen molar-refractivity contribution >= 4 is 22.5 Å². The Morgan fingerprint density at radius 3 is 2.86 bits per heavy atom. The third-order valence-electron chi connectivity index (χ3n) is 5.45. The Kier molecular flexibility index (Phi) is 3.97. The molecule has 4 aromatic rings. The number of fused-ring (bicyclic) bond motifs is 1. The van der Waals surface area contributed by atoms with Gasteiger partial charge in [0.05, 0.1) is 18.9 Å². The lowest BCUT2D eigenvalue weighted by atomic mass is 10.0. The number of carbonyl (C=O) groups excluding carboxylic acids is 1. The van der Waals surface area contributed by atoms with E-state index in [0.717, 1.165) is 17.8 Å². The second-order valence-electron chi connectivity index (χ2n) is 7.40. The maximum atomic E-state index is 12.7. The summed E-state index contributed by atoms with van der Waals surface area (Å²) in [6, 6.07) is 16.4. The predicted octanol–water partition coefficient (Wildman–Crippen LogP) is 3.56. The molecule has 5 rings (SSSR count). The molecule has 0 bridgehead atoms. The van der Waals surface area contributed by atoms with Crippen LogP contribution in [0.25, 0.3) is 10.8 Å². The molecule has 0 saturated heterocycles. The van der Waals surface area contributed by atoms with Crippen LogP contribution >= 0.6 is 0 Å². The first-order valence-electron chi connectivity index (χ1n) is 9.47. The lowest BCUT2D eigenvalue weighted by Gasteiger charge is -2.11. The van der Waals surface area contributed by atoms with Crippen LogP contribution in [0, 0.1) is 5.92 Å². The van der Waals surface area contributed by atoms with Crippen LogP contribution in [0.1, 0.15) is 23.5 Å². The zero-order valence-electron chi connectivity index (χ0n) is 15.6. The van der Waals surface area contributed by atoms with Crippen molar-refractivity contribution in [2.24, 2.45) is 13.0 Å². The fourth-order valence-corrected chi connectivity index (χ4v) is 3.86. The number of carbonyl (C=O) groups is 1. The topological polar surface area (TPSA) is 64.7 Å². The average molecular weight is 371 g/mol. The van der Waals surface area contributed by atoms with Gasteiger partial charge < -0.3 is 5.32 Å². The first-order valence-corrected chi connectivity index (χ1v) is 9.47. The Hall–Kier alpha value is -3.41. The van der Waals surface area contributed by atoms with Crippen LogP contribution in [-0.4, -0.2) is 25.5 Å². The summed E-state index contributed by atoms with van der Waals surface area (Å²) in [7, 11) is 1.90. The number of anilines is 1. The van der Waals surface area contributed by atoms with Gasteiger partial charge in [-0.05, 0) is 34.2 Å². The van der Waals surface area contributed by atoms with Crippen LogP contribution < -0.4 is 5.32 Å². The molecule has 1 amide bonds. The summed E-state index contributed by atoms with van der Waals surface area (Å²) in [5.74, 6) is 1.05. The maximum Gasteiger partial charge on any atom is 0.229 e. The minimum absolute atomic E-state index is 0.00473. The van der Waals surface area contributed by atoms with Crippen LogP contribution in [0.15, 0.2) is 67.1 Å². The van der Waals surface area contributed by atoms with Crippen molar-refractivity contribution in [2.45, 2.75) is 18.9 Å². The smallest absolute Gasteiger partial charge is 0.229 e. The minimum atomic E-state index is 0.00473. The third-order valence-corrected chi connectivity index (χ3v) is 5.45. The van der Waals surface area contributed by atoms with E-state index in [1.54, 1.807) is 10.9 Å². The van der Waals surface area contributed by atoms with E-state index in [0.29, 0.717) is 6.54 Å². The summed E-state index contributed by atoms with van der Waals surface area (Å²) in [6.07, 6.45) is 6.44. The minimum Gasteiger partial charge on any atom is -0.311 e. The average Bonchev–Trinajstić information content (AvgIpc) is 3.22. The van der Waals surface area contributed by atoms with Gasteiger partial charge in [0.2, 0.25) is 5.91 Å². The van der Waals surface area contributed by atoms with Crippen molar-refractivity contribution in [3.05, 3.63) is 78.2 Å². The zero-order valence-corrected chi connectivity index (χ0v) is 15.6. The van der Waals surface area contributed by atoms with Gasteiger partial charge in [0.25, 0.3) is 0 Å². The largest absolute Gasteiger partial charge is 0.311 e. The summed E-state index contributed by atoms with van der Waals surface area (Å²) in [4.78, 5) is 12.7. The van der Waals surface area contributed by atoms with E-state index in [1.165, 1.54) is 16.3 Å². The van der Waals surface area contributed by atoms with Crippen molar-refractivity contribution in [3.8, 4) is 0 Å². The van der Waals surface area contributed by atoms with Gasteiger partial charge in [-0.15, -0.1) is 0 Å². The van der Waals surface area contributed by atoms with Crippen LogP contribution in [0.2, 0.25) is 0 Å². The molecule has 2 aromatic heterocycles. The van der Waals surface area contributed by atoms with Crippen LogP contribution in [0.4, 0.5) is 5.82 Å². The highest BCUT2D eigenvalue weighted by Crippen LogP contribution is 2.47. The molecular formula is C22H21N5O. The molecule has 2 aromatic carbocycles. The Morgan fingerprint density at radius 1 is 1.14 bits per heavy atom. The molecular weight excluding hydrogens is 350 g/mol. The number of aryl methyl sites for hydroxylation is 1. The van der Waals surface area contributed by atoms with E-state index in [1.807, 2.05) is 42.3 Å². The van der Waals surface area contributed by atoms with Gasteiger partial charge in [0, 0.05) is 25.2 Å². The molecule has 1 saturated carbocycles. The predicted molar refractivity (Wildman–Crippen MR) is 108 cm³/mol. The van der Waals surface area contributed by atoms with Crippen molar-refractivity contribution in [3.63, 3.8) is 0 Å². The monoisotopic (exact) mass is 371 g/mol. The van der Waals surface area contributed by atoms with Gasteiger partial charge in [-0.3, -0.25) is 9.48 Å². The molecule has 6 heteroatoms. The fraction of sp³-hybridized carbons (Fsp3) is 0.227.